The van der Waals surface area contributed by atoms with Crippen LogP contribution in [0.3, 0.4) is 0 Å². The second kappa shape index (κ2) is 6.37. The minimum Gasteiger partial charge on any atom is -0.451 e. The predicted octanol–water partition coefficient (Wildman–Crippen LogP) is 4.35. The number of hydrogen-bond acceptors (Lipinski definition) is 5. The lowest BCUT2D eigenvalue weighted by atomic mass is 10.2. The van der Waals surface area contributed by atoms with Crippen molar-refractivity contribution >= 4 is 17.5 Å². The Labute approximate surface area is 149 Å². The molecule has 1 atom stereocenters. The van der Waals surface area contributed by atoms with Crippen LogP contribution in [0.1, 0.15) is 54.0 Å². The monoisotopic (exact) mass is 357 g/mol. The molecule has 7 heteroatoms. The molecule has 1 aliphatic rings. The molecule has 0 saturated heterocycles. The fraction of sp³-hybridized carbons (Fsp3) is 0.278. The van der Waals surface area contributed by atoms with E-state index in [2.05, 4.69) is 15.5 Å². The number of amides is 1. The van der Waals surface area contributed by atoms with Crippen molar-refractivity contribution in [1.82, 2.24) is 15.5 Å². The Kier molecular flexibility index (Phi) is 4.05. The van der Waals surface area contributed by atoms with Gasteiger partial charge in [0, 0.05) is 11.5 Å². The molecule has 128 valence electrons. The largest absolute Gasteiger partial charge is 0.451 e. The van der Waals surface area contributed by atoms with E-state index in [-0.39, 0.29) is 11.7 Å². The average Bonchev–Trinajstić information content (AvgIpc) is 3.13. The van der Waals surface area contributed by atoms with Crippen molar-refractivity contribution in [1.29, 1.82) is 0 Å². The van der Waals surface area contributed by atoms with E-state index in [1.165, 1.54) is 0 Å². The normalized spacial score (nSPS) is 15.1. The third-order valence-electron chi connectivity index (χ3n) is 4.09. The summed E-state index contributed by atoms with van der Waals surface area (Å²) < 4.78 is 10.9. The van der Waals surface area contributed by atoms with Crippen LogP contribution < -0.4 is 5.32 Å². The molecule has 0 spiro atoms. The molecule has 4 rings (SSSR count). The van der Waals surface area contributed by atoms with Gasteiger partial charge < -0.3 is 14.3 Å². The van der Waals surface area contributed by atoms with E-state index in [4.69, 9.17) is 20.5 Å². The maximum atomic E-state index is 12.4. The van der Waals surface area contributed by atoms with Crippen molar-refractivity contribution in [2.75, 3.05) is 0 Å². The second-order valence-electron chi connectivity index (χ2n) is 6.10. The van der Waals surface area contributed by atoms with Crippen molar-refractivity contribution in [3.63, 3.8) is 0 Å². The number of nitrogens with zero attached hydrogens (tertiary/aromatic N) is 2. The molecule has 0 radical (unpaired) electrons. The van der Waals surface area contributed by atoms with Gasteiger partial charge in [-0.2, -0.15) is 4.98 Å². The molecule has 1 aromatic carbocycles. The number of hydrogen-bond donors (Lipinski definition) is 1. The lowest BCUT2D eigenvalue weighted by Gasteiger charge is -2.07. The van der Waals surface area contributed by atoms with Gasteiger partial charge in [-0.3, -0.25) is 4.79 Å². The zero-order chi connectivity index (χ0) is 17.4. The molecule has 1 amide bonds. The van der Waals surface area contributed by atoms with Crippen LogP contribution in [-0.4, -0.2) is 16.0 Å². The van der Waals surface area contributed by atoms with Crippen LogP contribution in [0.4, 0.5) is 0 Å². The Morgan fingerprint density at radius 3 is 2.84 bits per heavy atom. The summed E-state index contributed by atoms with van der Waals surface area (Å²) in [5.74, 6) is 1.91. The number of nitrogens with one attached hydrogen (secondary N) is 1. The van der Waals surface area contributed by atoms with Crippen molar-refractivity contribution in [2.24, 2.45) is 0 Å². The molecule has 6 nitrogen and oxygen atoms in total. The van der Waals surface area contributed by atoms with Gasteiger partial charge in [0.05, 0.1) is 5.02 Å². The molecule has 2 heterocycles. The van der Waals surface area contributed by atoms with Gasteiger partial charge >= 0.3 is 0 Å². The summed E-state index contributed by atoms with van der Waals surface area (Å²) in [6.45, 7) is 1.79. The number of halogens is 1. The number of aromatic nitrogens is 2. The molecule has 0 bridgehead atoms. The van der Waals surface area contributed by atoms with Crippen LogP contribution in [0.2, 0.25) is 5.02 Å². The average molecular weight is 358 g/mol. The van der Waals surface area contributed by atoms with E-state index in [9.17, 15) is 4.79 Å². The van der Waals surface area contributed by atoms with Crippen LogP contribution in [0, 0.1) is 0 Å². The molecule has 0 unspecified atom stereocenters. The SMILES string of the molecule is C[C@@H](NC(=O)c1ccc(-c2ccccc2Cl)o1)c1nc(C2CC2)no1. The van der Waals surface area contributed by atoms with Crippen molar-refractivity contribution < 1.29 is 13.7 Å². The molecular weight excluding hydrogens is 342 g/mol. The van der Waals surface area contributed by atoms with Gasteiger partial charge in [0.2, 0.25) is 5.89 Å². The molecule has 3 aromatic rings. The van der Waals surface area contributed by atoms with Gasteiger partial charge in [0.25, 0.3) is 5.91 Å². The number of furan rings is 1. The zero-order valence-electron chi connectivity index (χ0n) is 13.5. The fourth-order valence-electron chi connectivity index (χ4n) is 2.53. The maximum Gasteiger partial charge on any atom is 0.287 e. The number of rotatable bonds is 5. The first-order chi connectivity index (χ1) is 12.1. The summed E-state index contributed by atoms with van der Waals surface area (Å²) in [7, 11) is 0. The van der Waals surface area contributed by atoms with E-state index >= 15 is 0 Å². The summed E-state index contributed by atoms with van der Waals surface area (Å²) in [5, 5.41) is 7.33. The van der Waals surface area contributed by atoms with Gasteiger partial charge in [-0.15, -0.1) is 0 Å². The molecule has 1 aliphatic carbocycles. The predicted molar refractivity (Wildman–Crippen MR) is 91.3 cm³/mol. The lowest BCUT2D eigenvalue weighted by molar-refractivity contribution is 0.0905. The summed E-state index contributed by atoms with van der Waals surface area (Å²) >= 11 is 6.16. The third-order valence-corrected chi connectivity index (χ3v) is 4.42. The third kappa shape index (κ3) is 3.30. The van der Waals surface area contributed by atoms with Gasteiger partial charge in [0.1, 0.15) is 11.8 Å². The Hall–Kier alpha value is -2.60. The fourth-order valence-corrected chi connectivity index (χ4v) is 2.75. The van der Waals surface area contributed by atoms with Crippen LogP contribution in [0.15, 0.2) is 45.3 Å². The lowest BCUT2D eigenvalue weighted by Crippen LogP contribution is -2.26. The molecular formula is C18H16ClN3O3. The highest BCUT2D eigenvalue weighted by Gasteiger charge is 2.30. The summed E-state index contributed by atoms with van der Waals surface area (Å²) in [6.07, 6.45) is 2.19. The first-order valence-electron chi connectivity index (χ1n) is 8.11. The topological polar surface area (TPSA) is 81.2 Å². The van der Waals surface area contributed by atoms with Crippen LogP contribution in [0.25, 0.3) is 11.3 Å². The quantitative estimate of drug-likeness (QED) is 0.734. The van der Waals surface area contributed by atoms with Crippen LogP contribution in [-0.2, 0) is 0 Å². The van der Waals surface area contributed by atoms with E-state index in [0.29, 0.717) is 22.6 Å². The molecule has 1 N–H and O–H groups in total. The van der Waals surface area contributed by atoms with Gasteiger partial charge in [-0.1, -0.05) is 28.9 Å². The Bertz CT molecular complexity index is 914. The van der Waals surface area contributed by atoms with Crippen LogP contribution in [0.5, 0.6) is 0 Å². The highest BCUT2D eigenvalue weighted by molar-refractivity contribution is 6.33. The summed E-state index contributed by atoms with van der Waals surface area (Å²) in [4.78, 5) is 16.7. The zero-order valence-corrected chi connectivity index (χ0v) is 14.3. The van der Waals surface area contributed by atoms with E-state index < -0.39 is 6.04 Å². The Balaban J connectivity index is 1.46. The molecule has 0 aliphatic heterocycles. The van der Waals surface area contributed by atoms with Gasteiger partial charge in [-0.25, -0.2) is 0 Å². The van der Waals surface area contributed by atoms with Crippen molar-refractivity contribution in [2.45, 2.75) is 31.7 Å². The van der Waals surface area contributed by atoms with Crippen LogP contribution >= 0.6 is 11.6 Å². The minimum absolute atomic E-state index is 0.198. The highest BCUT2D eigenvalue weighted by atomic mass is 35.5. The summed E-state index contributed by atoms with van der Waals surface area (Å²) in [6, 6.07) is 10.2. The first-order valence-corrected chi connectivity index (χ1v) is 8.48. The number of benzene rings is 1. The minimum atomic E-state index is -0.402. The van der Waals surface area contributed by atoms with Crippen molar-refractivity contribution in [3.8, 4) is 11.3 Å². The maximum absolute atomic E-state index is 12.4. The first kappa shape index (κ1) is 15.9. The smallest absolute Gasteiger partial charge is 0.287 e. The van der Waals surface area contributed by atoms with Gasteiger partial charge in [-0.05, 0) is 44.0 Å². The number of carbonyl (C=O) groups is 1. The molecule has 2 aromatic heterocycles. The van der Waals surface area contributed by atoms with E-state index in [1.54, 1.807) is 25.1 Å². The number of carbonyl (C=O) groups excluding carboxylic acids is 1. The molecule has 1 fully saturated rings. The van der Waals surface area contributed by atoms with E-state index in [1.807, 2.05) is 18.2 Å². The van der Waals surface area contributed by atoms with Gasteiger partial charge in [0.15, 0.2) is 11.6 Å². The van der Waals surface area contributed by atoms with E-state index in [0.717, 1.165) is 24.2 Å². The second-order valence-corrected chi connectivity index (χ2v) is 6.51. The van der Waals surface area contributed by atoms with Crippen molar-refractivity contribution in [3.05, 3.63) is 58.9 Å². The standard InChI is InChI=1S/C18H16ClN3O3/c1-10(18-21-16(22-25-18)11-6-7-11)20-17(23)15-9-8-14(24-15)12-4-2-3-5-13(12)19/h2-5,8-11H,6-7H2,1H3,(H,20,23)/t10-/m1/s1. The highest BCUT2D eigenvalue weighted by Crippen LogP contribution is 2.38. The molecule has 1 saturated carbocycles. The Morgan fingerprint density at radius 1 is 1.28 bits per heavy atom. The Morgan fingerprint density at radius 2 is 2.08 bits per heavy atom. The summed E-state index contributed by atoms with van der Waals surface area (Å²) in [5.41, 5.74) is 0.738. The molecule has 25 heavy (non-hydrogen) atoms.